The van der Waals surface area contributed by atoms with E-state index in [0.717, 1.165) is 6.42 Å². The molecule has 1 aromatic heterocycles. The van der Waals surface area contributed by atoms with Gasteiger partial charge in [0.15, 0.2) is 5.82 Å². The highest BCUT2D eigenvalue weighted by Crippen LogP contribution is 2.13. The van der Waals surface area contributed by atoms with Crippen molar-refractivity contribution in [3.8, 4) is 0 Å². The predicted octanol–water partition coefficient (Wildman–Crippen LogP) is 0.221. The highest BCUT2D eigenvalue weighted by molar-refractivity contribution is 5.77. The third kappa shape index (κ3) is 5.35. The van der Waals surface area contributed by atoms with Crippen LogP contribution in [0.4, 0.5) is 0 Å². The van der Waals surface area contributed by atoms with Crippen LogP contribution >= 0.6 is 0 Å². The number of nitrogens with one attached hydrogen (secondary N) is 1. The second kappa shape index (κ2) is 6.63. The molecule has 0 fully saturated rings. The van der Waals surface area contributed by atoms with Crippen molar-refractivity contribution in [2.75, 3.05) is 20.1 Å². The summed E-state index contributed by atoms with van der Waals surface area (Å²) in [6.45, 7) is 7.04. The number of aromatic nitrogens is 2. The van der Waals surface area contributed by atoms with Crippen LogP contribution < -0.4 is 11.1 Å². The van der Waals surface area contributed by atoms with E-state index in [1.165, 1.54) is 0 Å². The third-order valence-corrected chi connectivity index (χ3v) is 2.44. The maximum atomic E-state index is 11.5. The van der Waals surface area contributed by atoms with Crippen LogP contribution in [0.2, 0.25) is 0 Å². The zero-order chi connectivity index (χ0) is 14.5. The van der Waals surface area contributed by atoms with Crippen LogP contribution in [-0.4, -0.2) is 41.1 Å². The number of nitrogens with zero attached hydrogens (tertiary/aromatic N) is 3. The normalized spacial score (nSPS) is 11.9. The number of carbonyl (C=O) groups excluding carboxylic acids is 1. The Kier molecular flexibility index (Phi) is 5.44. The van der Waals surface area contributed by atoms with E-state index in [0.29, 0.717) is 31.3 Å². The van der Waals surface area contributed by atoms with Gasteiger partial charge in [-0.15, -0.1) is 0 Å². The van der Waals surface area contributed by atoms with Crippen molar-refractivity contribution < 1.29 is 9.32 Å². The van der Waals surface area contributed by atoms with Gasteiger partial charge in [0.05, 0.1) is 18.6 Å². The molecule has 1 heterocycles. The van der Waals surface area contributed by atoms with Crippen LogP contribution in [0.3, 0.4) is 0 Å². The van der Waals surface area contributed by atoms with Crippen molar-refractivity contribution in [2.45, 2.75) is 39.3 Å². The molecule has 0 bridgehead atoms. The number of nitrogens with two attached hydrogens (primary N) is 1. The molecule has 1 rings (SSSR count). The minimum Gasteiger partial charge on any atom is -0.355 e. The van der Waals surface area contributed by atoms with E-state index in [2.05, 4.69) is 15.5 Å². The average Bonchev–Trinajstić information content (AvgIpc) is 2.74. The van der Waals surface area contributed by atoms with E-state index in [9.17, 15) is 4.79 Å². The molecule has 0 aliphatic heterocycles. The summed E-state index contributed by atoms with van der Waals surface area (Å²) in [6, 6.07) is 0. The summed E-state index contributed by atoms with van der Waals surface area (Å²) < 4.78 is 5.11. The molecule has 0 aliphatic rings. The molecule has 0 atom stereocenters. The molecule has 7 heteroatoms. The first-order valence-corrected chi connectivity index (χ1v) is 6.40. The van der Waals surface area contributed by atoms with Crippen LogP contribution in [0.15, 0.2) is 4.52 Å². The summed E-state index contributed by atoms with van der Waals surface area (Å²) in [7, 11) is 1.82. The summed E-state index contributed by atoms with van der Waals surface area (Å²) >= 11 is 0. The van der Waals surface area contributed by atoms with E-state index in [-0.39, 0.29) is 5.91 Å². The fourth-order valence-electron chi connectivity index (χ4n) is 1.43. The number of hydrogen-bond donors (Lipinski definition) is 2. The number of carbonyl (C=O) groups is 1. The van der Waals surface area contributed by atoms with Gasteiger partial charge < -0.3 is 15.6 Å². The first kappa shape index (κ1) is 15.6. The van der Waals surface area contributed by atoms with Crippen molar-refractivity contribution in [2.24, 2.45) is 5.73 Å². The first-order chi connectivity index (χ1) is 8.82. The molecule has 0 unspecified atom stereocenters. The molecule has 0 radical (unpaired) electrons. The van der Waals surface area contributed by atoms with Gasteiger partial charge in [-0.1, -0.05) is 12.1 Å². The van der Waals surface area contributed by atoms with Crippen molar-refractivity contribution in [3.63, 3.8) is 0 Å². The Labute approximate surface area is 113 Å². The smallest absolute Gasteiger partial charge is 0.240 e. The van der Waals surface area contributed by atoms with Crippen LogP contribution in [-0.2, 0) is 16.9 Å². The van der Waals surface area contributed by atoms with Gasteiger partial charge in [0.1, 0.15) is 0 Å². The second-order valence-electron chi connectivity index (χ2n) is 5.26. The minimum atomic E-state index is -0.626. The summed E-state index contributed by atoms with van der Waals surface area (Å²) in [5.74, 6) is 0.911. The second-order valence-corrected chi connectivity index (χ2v) is 5.26. The number of hydrogen-bond acceptors (Lipinski definition) is 6. The fraction of sp³-hybridized carbons (Fsp3) is 0.750. The van der Waals surface area contributed by atoms with E-state index < -0.39 is 5.54 Å². The summed E-state index contributed by atoms with van der Waals surface area (Å²) in [6.07, 6.45) is 0.925. The van der Waals surface area contributed by atoms with Crippen LogP contribution in [0.25, 0.3) is 0 Å². The van der Waals surface area contributed by atoms with E-state index >= 15 is 0 Å². The van der Waals surface area contributed by atoms with Crippen LogP contribution in [0.5, 0.6) is 0 Å². The number of likely N-dealkylation sites (N-methyl/N-ethyl adjacent to an activating group) is 1. The lowest BCUT2D eigenvalue weighted by atomic mass is 10.1. The van der Waals surface area contributed by atoms with Gasteiger partial charge in [-0.25, -0.2) is 0 Å². The molecule has 0 aromatic carbocycles. The Morgan fingerprint density at radius 1 is 1.53 bits per heavy atom. The summed E-state index contributed by atoms with van der Waals surface area (Å²) in [5, 5.41) is 6.64. The van der Waals surface area contributed by atoms with E-state index in [4.69, 9.17) is 10.3 Å². The molecule has 0 spiro atoms. The van der Waals surface area contributed by atoms with Gasteiger partial charge in [0, 0.05) is 6.54 Å². The van der Waals surface area contributed by atoms with Gasteiger partial charge in [0.25, 0.3) is 0 Å². The quantitative estimate of drug-likeness (QED) is 0.735. The summed E-state index contributed by atoms with van der Waals surface area (Å²) in [5.41, 5.74) is 5.25. The Hall–Kier alpha value is -1.47. The van der Waals surface area contributed by atoms with Crippen LogP contribution in [0.1, 0.15) is 38.9 Å². The van der Waals surface area contributed by atoms with Gasteiger partial charge >= 0.3 is 0 Å². The minimum absolute atomic E-state index is 0.0109. The Morgan fingerprint density at radius 3 is 2.74 bits per heavy atom. The lowest BCUT2D eigenvalue weighted by Crippen LogP contribution is -2.35. The Balaban J connectivity index is 2.46. The maximum absolute atomic E-state index is 11.5. The molecule has 0 saturated heterocycles. The SMILES string of the molecule is CCCNC(=O)CN(C)Cc1nc(C(C)(C)N)no1. The van der Waals surface area contributed by atoms with E-state index in [1.54, 1.807) is 0 Å². The molecule has 7 nitrogen and oxygen atoms in total. The molecule has 3 N–H and O–H groups in total. The van der Waals surface area contributed by atoms with Crippen molar-refractivity contribution >= 4 is 5.91 Å². The summed E-state index contributed by atoms with van der Waals surface area (Å²) in [4.78, 5) is 17.6. The standard InChI is InChI=1S/C12H23N5O2/c1-5-6-14-9(18)7-17(4)8-10-15-11(16-19-10)12(2,3)13/h5-8,13H2,1-4H3,(H,14,18). The number of rotatable bonds is 7. The molecule has 0 aliphatic carbocycles. The molecular formula is C12H23N5O2. The van der Waals surface area contributed by atoms with Crippen LogP contribution in [0, 0.1) is 0 Å². The zero-order valence-corrected chi connectivity index (χ0v) is 12.1. The molecule has 1 aromatic rings. The van der Waals surface area contributed by atoms with Crippen molar-refractivity contribution in [1.82, 2.24) is 20.4 Å². The van der Waals surface area contributed by atoms with Crippen molar-refractivity contribution in [3.05, 3.63) is 11.7 Å². The van der Waals surface area contributed by atoms with E-state index in [1.807, 2.05) is 32.7 Å². The highest BCUT2D eigenvalue weighted by atomic mass is 16.5. The van der Waals surface area contributed by atoms with Crippen molar-refractivity contribution in [1.29, 1.82) is 0 Å². The average molecular weight is 269 g/mol. The maximum Gasteiger partial charge on any atom is 0.240 e. The monoisotopic (exact) mass is 269 g/mol. The lowest BCUT2D eigenvalue weighted by Gasteiger charge is -2.14. The molecule has 0 saturated carbocycles. The first-order valence-electron chi connectivity index (χ1n) is 6.40. The highest BCUT2D eigenvalue weighted by Gasteiger charge is 2.22. The molecular weight excluding hydrogens is 246 g/mol. The zero-order valence-electron chi connectivity index (χ0n) is 12.1. The fourth-order valence-corrected chi connectivity index (χ4v) is 1.43. The lowest BCUT2D eigenvalue weighted by molar-refractivity contribution is -0.122. The number of amides is 1. The molecule has 1 amide bonds. The Morgan fingerprint density at radius 2 is 2.21 bits per heavy atom. The largest absolute Gasteiger partial charge is 0.355 e. The predicted molar refractivity (Wildman–Crippen MR) is 71.1 cm³/mol. The van der Waals surface area contributed by atoms with Gasteiger partial charge in [0.2, 0.25) is 11.8 Å². The van der Waals surface area contributed by atoms with Gasteiger partial charge in [-0.05, 0) is 27.3 Å². The van der Waals surface area contributed by atoms with Gasteiger partial charge in [-0.3, -0.25) is 9.69 Å². The van der Waals surface area contributed by atoms with Gasteiger partial charge in [-0.2, -0.15) is 4.98 Å². The molecule has 108 valence electrons. The topological polar surface area (TPSA) is 97.3 Å². The third-order valence-electron chi connectivity index (χ3n) is 2.44. The molecule has 19 heavy (non-hydrogen) atoms. The Bertz CT molecular complexity index is 410.